The van der Waals surface area contributed by atoms with Gasteiger partial charge < -0.3 is 0 Å². The minimum Gasteiger partial charge on any atom is -0.287 e. The molecule has 0 atom stereocenters. The van der Waals surface area contributed by atoms with E-state index in [9.17, 15) is 14.9 Å². The molecular weight excluding hydrogens is 280 g/mol. The predicted molar refractivity (Wildman–Crippen MR) is 81.6 cm³/mol. The summed E-state index contributed by atoms with van der Waals surface area (Å²) >= 11 is 0. The highest BCUT2D eigenvalue weighted by molar-refractivity contribution is 5.95. The van der Waals surface area contributed by atoms with Gasteiger partial charge in [0.1, 0.15) is 10.3 Å². The van der Waals surface area contributed by atoms with Gasteiger partial charge in [-0.05, 0) is 6.07 Å². The lowest BCUT2D eigenvalue weighted by molar-refractivity contribution is -0.723. The summed E-state index contributed by atoms with van der Waals surface area (Å²) in [4.78, 5) is 23.3. The molecule has 0 spiro atoms. The molecule has 0 amide bonds. The second kappa shape index (κ2) is 5.73. The molecule has 0 N–H and O–H groups in total. The lowest BCUT2D eigenvalue weighted by Crippen LogP contribution is -2.40. The molecule has 3 aromatic rings. The Labute approximate surface area is 126 Å². The highest BCUT2D eigenvalue weighted by Crippen LogP contribution is 2.21. The van der Waals surface area contributed by atoms with E-state index in [4.69, 9.17) is 0 Å². The van der Waals surface area contributed by atoms with Crippen LogP contribution in [-0.2, 0) is 6.54 Å². The molecule has 2 aromatic carbocycles. The number of fused-ring (bicyclic) bond motifs is 1. The average molecular weight is 293 g/mol. The van der Waals surface area contributed by atoms with Crippen LogP contribution in [0.1, 0.15) is 10.4 Å². The first-order valence-corrected chi connectivity index (χ1v) is 6.80. The molecule has 5 nitrogen and oxygen atoms in total. The zero-order chi connectivity index (χ0) is 15.5. The van der Waals surface area contributed by atoms with E-state index in [1.807, 2.05) is 18.2 Å². The first kappa shape index (κ1) is 13.9. The van der Waals surface area contributed by atoms with Crippen molar-refractivity contribution in [3.63, 3.8) is 0 Å². The summed E-state index contributed by atoms with van der Waals surface area (Å²) in [5, 5.41) is 12.7. The topological polar surface area (TPSA) is 64.1 Å². The Morgan fingerprint density at radius 2 is 1.68 bits per heavy atom. The van der Waals surface area contributed by atoms with Crippen LogP contribution in [0.3, 0.4) is 0 Å². The van der Waals surface area contributed by atoms with Gasteiger partial charge in [0, 0.05) is 17.0 Å². The maximum absolute atomic E-state index is 12.3. The van der Waals surface area contributed by atoms with Gasteiger partial charge in [0.25, 0.3) is 0 Å². The van der Waals surface area contributed by atoms with Crippen molar-refractivity contribution in [3.05, 3.63) is 82.5 Å². The van der Waals surface area contributed by atoms with Gasteiger partial charge in [-0.15, -0.1) is 4.57 Å². The van der Waals surface area contributed by atoms with E-state index in [1.165, 1.54) is 4.57 Å². The summed E-state index contributed by atoms with van der Waals surface area (Å²) in [5.74, 6) is -0.230. The Balaban J connectivity index is 2.06. The maximum atomic E-state index is 12.3. The molecule has 0 fully saturated rings. The number of Topliss-reactive ketones (excluding diaryl/α,β-unsaturated/α-hetero) is 1. The Hall–Kier alpha value is -3.08. The summed E-state index contributed by atoms with van der Waals surface area (Å²) in [5.41, 5.74) is 0.539. The van der Waals surface area contributed by atoms with E-state index >= 15 is 0 Å². The number of pyridine rings is 1. The zero-order valence-corrected chi connectivity index (χ0v) is 11.7. The molecule has 0 saturated carbocycles. The van der Waals surface area contributed by atoms with E-state index in [1.54, 1.807) is 48.7 Å². The van der Waals surface area contributed by atoms with Crippen molar-refractivity contribution in [2.75, 3.05) is 0 Å². The highest BCUT2D eigenvalue weighted by atomic mass is 16.6. The number of rotatable bonds is 4. The average Bonchev–Trinajstić information content (AvgIpc) is 2.55. The first-order chi connectivity index (χ1) is 10.7. The zero-order valence-electron chi connectivity index (χ0n) is 11.7. The fourth-order valence-electron chi connectivity index (χ4n) is 2.44. The highest BCUT2D eigenvalue weighted by Gasteiger charge is 2.28. The number of aromatic nitrogens is 1. The van der Waals surface area contributed by atoms with Gasteiger partial charge in [-0.25, -0.2) is 0 Å². The van der Waals surface area contributed by atoms with Crippen LogP contribution in [0.25, 0.3) is 10.8 Å². The van der Waals surface area contributed by atoms with Crippen LogP contribution < -0.4 is 4.57 Å². The second-order valence-electron chi connectivity index (χ2n) is 4.90. The van der Waals surface area contributed by atoms with Crippen LogP contribution in [0.5, 0.6) is 0 Å². The molecule has 108 valence electrons. The Morgan fingerprint density at radius 3 is 2.41 bits per heavy atom. The first-order valence-electron chi connectivity index (χ1n) is 6.80. The van der Waals surface area contributed by atoms with Crippen molar-refractivity contribution in [2.45, 2.75) is 6.54 Å². The molecule has 0 unspecified atom stereocenters. The van der Waals surface area contributed by atoms with Gasteiger partial charge >= 0.3 is 5.82 Å². The third kappa shape index (κ3) is 2.56. The van der Waals surface area contributed by atoms with Crippen molar-refractivity contribution in [2.24, 2.45) is 0 Å². The van der Waals surface area contributed by atoms with Gasteiger partial charge in [0.2, 0.25) is 12.3 Å². The Morgan fingerprint density at radius 1 is 1.00 bits per heavy atom. The molecule has 0 bridgehead atoms. The van der Waals surface area contributed by atoms with E-state index in [0.29, 0.717) is 10.9 Å². The van der Waals surface area contributed by atoms with Gasteiger partial charge in [-0.2, -0.15) is 0 Å². The van der Waals surface area contributed by atoms with Crippen LogP contribution in [0, 0.1) is 10.1 Å². The molecular formula is C17H13N2O3+. The molecule has 0 radical (unpaired) electrons. The normalized spacial score (nSPS) is 10.5. The third-order valence-electron chi connectivity index (χ3n) is 3.49. The number of nitro groups is 1. The van der Waals surface area contributed by atoms with Crippen LogP contribution in [-0.4, -0.2) is 10.7 Å². The van der Waals surface area contributed by atoms with Crippen LogP contribution in [0.2, 0.25) is 0 Å². The molecule has 0 aliphatic rings. The molecule has 1 aromatic heterocycles. The van der Waals surface area contributed by atoms with E-state index in [-0.39, 0.29) is 18.1 Å². The molecule has 0 aliphatic carbocycles. The number of hydrogen-bond donors (Lipinski definition) is 0. The van der Waals surface area contributed by atoms with E-state index < -0.39 is 4.92 Å². The molecule has 0 saturated heterocycles. The van der Waals surface area contributed by atoms with E-state index in [2.05, 4.69) is 0 Å². The Kier molecular flexibility index (Phi) is 3.62. The maximum Gasteiger partial charge on any atom is 0.509 e. The van der Waals surface area contributed by atoms with Gasteiger partial charge in [0.15, 0.2) is 6.20 Å². The lowest BCUT2D eigenvalue weighted by atomic mass is 10.1. The second-order valence-corrected chi connectivity index (χ2v) is 4.90. The molecule has 0 aliphatic heterocycles. The summed E-state index contributed by atoms with van der Waals surface area (Å²) in [6, 6.07) is 17.6. The molecule has 3 rings (SSSR count). The number of carbonyl (C=O) groups is 1. The fourth-order valence-corrected chi connectivity index (χ4v) is 2.44. The lowest BCUT2D eigenvalue weighted by Gasteiger charge is -2.01. The van der Waals surface area contributed by atoms with E-state index in [0.717, 1.165) is 5.39 Å². The minimum absolute atomic E-state index is 0.0643. The number of nitrogens with zero attached hydrogens (tertiary/aromatic N) is 2. The summed E-state index contributed by atoms with van der Waals surface area (Å²) < 4.78 is 1.39. The predicted octanol–water partition coefficient (Wildman–Crippen LogP) is 2.92. The van der Waals surface area contributed by atoms with Gasteiger partial charge in [0.05, 0.1) is 0 Å². The summed E-state index contributed by atoms with van der Waals surface area (Å²) in [7, 11) is 0. The Bertz CT molecular complexity index is 860. The molecule has 5 heteroatoms. The minimum atomic E-state index is -0.444. The smallest absolute Gasteiger partial charge is 0.287 e. The fraction of sp³-hybridized carbons (Fsp3) is 0.0588. The summed E-state index contributed by atoms with van der Waals surface area (Å²) in [6.07, 6.45) is 1.58. The third-order valence-corrected chi connectivity index (χ3v) is 3.49. The number of hydrogen-bond acceptors (Lipinski definition) is 3. The monoisotopic (exact) mass is 293 g/mol. The largest absolute Gasteiger partial charge is 0.509 e. The van der Waals surface area contributed by atoms with Crippen molar-refractivity contribution in [1.82, 2.24) is 0 Å². The van der Waals surface area contributed by atoms with Crippen molar-refractivity contribution < 1.29 is 14.3 Å². The van der Waals surface area contributed by atoms with Crippen LogP contribution >= 0.6 is 0 Å². The standard InChI is InChI=1S/C17H13N2O3/c20-16(14-7-2-1-3-8-14)12-18-11-10-13-6-4-5-9-15(13)17(18)19(21)22/h1-11H,12H2/q+1. The van der Waals surface area contributed by atoms with Gasteiger partial charge in [-0.3, -0.25) is 14.9 Å². The molecule has 22 heavy (non-hydrogen) atoms. The molecule has 1 heterocycles. The number of carbonyl (C=O) groups excluding carboxylic acids is 1. The van der Waals surface area contributed by atoms with Crippen LogP contribution in [0.15, 0.2) is 66.9 Å². The van der Waals surface area contributed by atoms with Crippen LogP contribution in [0.4, 0.5) is 5.82 Å². The van der Waals surface area contributed by atoms with Crippen molar-refractivity contribution >= 4 is 22.4 Å². The number of ketones is 1. The van der Waals surface area contributed by atoms with Crippen molar-refractivity contribution in [3.8, 4) is 0 Å². The summed E-state index contributed by atoms with van der Waals surface area (Å²) in [6.45, 7) is -0.0643. The van der Waals surface area contributed by atoms with Gasteiger partial charge in [-0.1, -0.05) is 48.5 Å². The SMILES string of the molecule is O=C(C[n+]1ccc2ccccc2c1[N+](=O)[O-])c1ccccc1. The van der Waals surface area contributed by atoms with Crippen molar-refractivity contribution in [1.29, 1.82) is 0 Å². The number of benzene rings is 2. The quantitative estimate of drug-likeness (QED) is 0.321.